The molecule has 2 rings (SSSR count). The molecule has 0 aliphatic heterocycles. The van der Waals surface area contributed by atoms with E-state index in [1.54, 1.807) is 38.5 Å². The summed E-state index contributed by atoms with van der Waals surface area (Å²) in [6.45, 7) is 5.73. The fourth-order valence-corrected chi connectivity index (χ4v) is 4.77. The number of anilines is 1. The number of hydrogen-bond acceptors (Lipinski definition) is 5. The lowest BCUT2D eigenvalue weighted by atomic mass is 10.1. The van der Waals surface area contributed by atoms with Crippen LogP contribution in [0.2, 0.25) is 0 Å². The number of rotatable bonds is 4. The normalized spacial score (nSPS) is 12.0. The van der Waals surface area contributed by atoms with Gasteiger partial charge in [-0.05, 0) is 44.0 Å². The molecule has 21 heavy (non-hydrogen) atoms. The molecule has 0 radical (unpaired) electrons. The number of nitrogens with two attached hydrogens (primary N) is 1. The van der Waals surface area contributed by atoms with Crippen LogP contribution in [0, 0.1) is 20.8 Å². The highest BCUT2D eigenvalue weighted by Crippen LogP contribution is 2.27. The van der Waals surface area contributed by atoms with E-state index in [4.69, 9.17) is 5.73 Å². The SMILES string of the molecule is Cc1cc(N)cc(C)c1S(=O)(=O)N(C)Cc1scnc1C. The molecule has 0 saturated carbocycles. The highest BCUT2D eigenvalue weighted by Gasteiger charge is 2.26. The Hall–Kier alpha value is -1.44. The monoisotopic (exact) mass is 325 g/mol. The molecule has 1 aromatic carbocycles. The van der Waals surface area contributed by atoms with Gasteiger partial charge in [0.15, 0.2) is 0 Å². The number of aromatic nitrogens is 1. The van der Waals surface area contributed by atoms with Crippen molar-refractivity contribution < 1.29 is 8.42 Å². The molecule has 7 heteroatoms. The van der Waals surface area contributed by atoms with E-state index in [9.17, 15) is 8.42 Å². The second-order valence-electron chi connectivity index (χ2n) is 5.11. The van der Waals surface area contributed by atoms with E-state index >= 15 is 0 Å². The molecular weight excluding hydrogens is 306 g/mol. The van der Waals surface area contributed by atoms with Crippen molar-refractivity contribution in [3.8, 4) is 0 Å². The maximum atomic E-state index is 12.8. The van der Waals surface area contributed by atoms with Crippen LogP contribution in [0.25, 0.3) is 0 Å². The van der Waals surface area contributed by atoms with E-state index in [1.165, 1.54) is 15.6 Å². The number of sulfonamides is 1. The fourth-order valence-electron chi connectivity index (χ4n) is 2.31. The first-order valence-electron chi connectivity index (χ1n) is 6.45. The van der Waals surface area contributed by atoms with Crippen molar-refractivity contribution in [1.82, 2.24) is 9.29 Å². The van der Waals surface area contributed by atoms with Gasteiger partial charge in [-0.15, -0.1) is 11.3 Å². The molecular formula is C14H19N3O2S2. The quantitative estimate of drug-likeness (QED) is 0.876. The Morgan fingerprint density at radius 3 is 2.29 bits per heavy atom. The minimum absolute atomic E-state index is 0.322. The smallest absolute Gasteiger partial charge is 0.243 e. The molecule has 0 unspecified atom stereocenters. The van der Waals surface area contributed by atoms with Crippen LogP contribution in [0.1, 0.15) is 21.7 Å². The predicted octanol–water partition coefficient (Wildman–Crippen LogP) is 2.47. The topological polar surface area (TPSA) is 76.3 Å². The molecule has 0 fully saturated rings. The summed E-state index contributed by atoms with van der Waals surface area (Å²) in [6, 6.07) is 3.37. The number of nitrogens with zero attached hydrogens (tertiary/aromatic N) is 2. The summed E-state index contributed by atoms with van der Waals surface area (Å²) in [4.78, 5) is 5.44. The van der Waals surface area contributed by atoms with Gasteiger partial charge in [-0.3, -0.25) is 0 Å². The molecule has 0 amide bonds. The average Bonchev–Trinajstić information content (AvgIpc) is 2.73. The van der Waals surface area contributed by atoms with Crippen molar-refractivity contribution in [3.05, 3.63) is 39.3 Å². The maximum Gasteiger partial charge on any atom is 0.243 e. The summed E-state index contributed by atoms with van der Waals surface area (Å²) in [7, 11) is -1.97. The van der Waals surface area contributed by atoms with Crippen molar-refractivity contribution in [2.45, 2.75) is 32.2 Å². The maximum absolute atomic E-state index is 12.8. The van der Waals surface area contributed by atoms with Gasteiger partial charge in [-0.1, -0.05) is 0 Å². The second kappa shape index (κ2) is 5.75. The summed E-state index contributed by atoms with van der Waals surface area (Å²) < 4.78 is 26.9. The molecule has 1 aromatic heterocycles. The largest absolute Gasteiger partial charge is 0.399 e. The van der Waals surface area contributed by atoms with Crippen molar-refractivity contribution in [1.29, 1.82) is 0 Å². The Morgan fingerprint density at radius 2 is 1.81 bits per heavy atom. The molecule has 0 aliphatic carbocycles. The molecule has 0 atom stereocenters. The van der Waals surface area contributed by atoms with Crippen LogP contribution in [-0.4, -0.2) is 24.8 Å². The Kier molecular flexibility index (Phi) is 4.36. The van der Waals surface area contributed by atoms with Crippen LogP contribution >= 0.6 is 11.3 Å². The second-order valence-corrected chi connectivity index (χ2v) is 8.03. The third kappa shape index (κ3) is 3.09. The van der Waals surface area contributed by atoms with E-state index < -0.39 is 10.0 Å². The molecule has 0 bridgehead atoms. The van der Waals surface area contributed by atoms with E-state index in [2.05, 4.69) is 4.98 Å². The van der Waals surface area contributed by atoms with Gasteiger partial charge in [-0.2, -0.15) is 4.31 Å². The van der Waals surface area contributed by atoms with Gasteiger partial charge in [-0.25, -0.2) is 13.4 Å². The first kappa shape index (κ1) is 15.9. The third-order valence-corrected chi connectivity index (χ3v) is 6.39. The lowest BCUT2D eigenvalue weighted by Gasteiger charge is -2.20. The van der Waals surface area contributed by atoms with Crippen molar-refractivity contribution >= 4 is 27.0 Å². The Morgan fingerprint density at radius 1 is 1.24 bits per heavy atom. The number of hydrogen-bond donors (Lipinski definition) is 1. The summed E-state index contributed by atoms with van der Waals surface area (Å²) >= 11 is 1.46. The van der Waals surface area contributed by atoms with Gasteiger partial charge in [0.25, 0.3) is 0 Å². The number of nitrogen functional groups attached to an aromatic ring is 1. The average molecular weight is 325 g/mol. The van der Waals surface area contributed by atoms with Crippen LogP contribution in [0.4, 0.5) is 5.69 Å². The third-order valence-electron chi connectivity index (χ3n) is 3.36. The van der Waals surface area contributed by atoms with Crippen molar-refractivity contribution in [3.63, 3.8) is 0 Å². The molecule has 5 nitrogen and oxygen atoms in total. The summed E-state index contributed by atoms with van der Waals surface area (Å²) in [5, 5.41) is 0. The Balaban J connectivity index is 2.40. The van der Waals surface area contributed by atoms with Crippen LogP contribution in [0.5, 0.6) is 0 Å². The molecule has 2 N–H and O–H groups in total. The molecule has 1 heterocycles. The summed E-state index contributed by atoms with van der Waals surface area (Å²) in [5.41, 5.74) is 10.3. The standard InChI is InChI=1S/C14H19N3O2S2/c1-9-5-12(15)6-10(2)14(9)21(18,19)17(4)7-13-11(3)16-8-20-13/h5-6,8H,7,15H2,1-4H3. The summed E-state index contributed by atoms with van der Waals surface area (Å²) in [5.74, 6) is 0. The lowest BCUT2D eigenvalue weighted by molar-refractivity contribution is 0.467. The fraction of sp³-hybridized carbons (Fsp3) is 0.357. The minimum atomic E-state index is -3.55. The van der Waals surface area contributed by atoms with E-state index in [0.717, 1.165) is 10.6 Å². The van der Waals surface area contributed by atoms with Gasteiger partial charge in [0.05, 0.1) is 16.1 Å². The van der Waals surface area contributed by atoms with Gasteiger partial charge >= 0.3 is 0 Å². The van der Waals surface area contributed by atoms with E-state index in [-0.39, 0.29) is 0 Å². The van der Waals surface area contributed by atoms with Gasteiger partial charge in [0.1, 0.15) is 0 Å². The molecule has 114 valence electrons. The van der Waals surface area contributed by atoms with E-state index in [1.807, 2.05) is 6.92 Å². The Labute approximate surface area is 129 Å². The van der Waals surface area contributed by atoms with Crippen LogP contribution in [0.3, 0.4) is 0 Å². The first-order chi connectivity index (χ1) is 9.73. The van der Waals surface area contributed by atoms with Crippen LogP contribution in [0.15, 0.2) is 22.5 Å². The first-order valence-corrected chi connectivity index (χ1v) is 8.77. The molecule has 2 aromatic rings. The Bertz CT molecular complexity index is 743. The summed E-state index contributed by atoms with van der Waals surface area (Å²) in [6.07, 6.45) is 0. The molecule has 0 spiro atoms. The molecule has 0 aliphatic rings. The van der Waals surface area contributed by atoms with Crippen LogP contribution in [-0.2, 0) is 16.6 Å². The van der Waals surface area contributed by atoms with E-state index in [0.29, 0.717) is 28.3 Å². The van der Waals surface area contributed by atoms with Gasteiger partial charge < -0.3 is 5.73 Å². The highest BCUT2D eigenvalue weighted by molar-refractivity contribution is 7.89. The van der Waals surface area contributed by atoms with Crippen molar-refractivity contribution in [2.24, 2.45) is 0 Å². The van der Waals surface area contributed by atoms with Crippen LogP contribution < -0.4 is 5.73 Å². The zero-order valence-electron chi connectivity index (χ0n) is 12.5. The van der Waals surface area contributed by atoms with Crippen molar-refractivity contribution in [2.75, 3.05) is 12.8 Å². The number of aryl methyl sites for hydroxylation is 3. The van der Waals surface area contributed by atoms with Gasteiger partial charge in [0.2, 0.25) is 10.0 Å². The zero-order valence-corrected chi connectivity index (χ0v) is 14.2. The minimum Gasteiger partial charge on any atom is -0.399 e. The number of benzene rings is 1. The zero-order chi connectivity index (χ0) is 15.8. The predicted molar refractivity (Wildman–Crippen MR) is 85.8 cm³/mol. The highest BCUT2D eigenvalue weighted by atomic mass is 32.2. The lowest BCUT2D eigenvalue weighted by Crippen LogP contribution is -2.27. The number of thiazole rings is 1. The van der Waals surface area contributed by atoms with Gasteiger partial charge in [0, 0.05) is 24.2 Å². The molecule has 0 saturated heterocycles.